The van der Waals surface area contributed by atoms with Crippen LogP contribution in [-0.4, -0.2) is 33.1 Å². The summed E-state index contributed by atoms with van der Waals surface area (Å²) in [6.07, 6.45) is 1.96. The van der Waals surface area contributed by atoms with Crippen molar-refractivity contribution in [3.05, 3.63) is 59.8 Å². The average Bonchev–Trinajstić information content (AvgIpc) is 3.03. The van der Waals surface area contributed by atoms with Crippen LogP contribution in [0.2, 0.25) is 0 Å². The van der Waals surface area contributed by atoms with Crippen LogP contribution in [0, 0.1) is 11.3 Å². The first-order valence-electron chi connectivity index (χ1n) is 8.18. The largest absolute Gasteiger partial charge is 0.508 e. The molecule has 0 bridgehead atoms. The second-order valence-corrected chi connectivity index (χ2v) is 5.86. The summed E-state index contributed by atoms with van der Waals surface area (Å²) in [5.74, 6) is -1.88. The monoisotopic (exact) mass is 364 g/mol. The first-order valence-corrected chi connectivity index (χ1v) is 8.18. The van der Waals surface area contributed by atoms with Gasteiger partial charge in [-0.15, -0.1) is 0 Å². The maximum Gasteiger partial charge on any atom is 0.342 e. The topological polar surface area (TPSA) is 113 Å². The average molecular weight is 364 g/mol. The Morgan fingerprint density at radius 3 is 2.63 bits per heavy atom. The number of ketones is 1. The number of aryl methyl sites for hydroxylation is 1. The molecule has 0 amide bonds. The number of nitrogens with zero attached hydrogens (tertiary/aromatic N) is 2. The molecule has 1 heterocycles. The number of aromatic hydroxyl groups is 2. The molecular weight excluding hydrogens is 348 g/mol. The van der Waals surface area contributed by atoms with E-state index in [-0.39, 0.29) is 11.3 Å². The molecule has 0 spiro atoms. The number of carbonyl (C=O) groups excluding carboxylic acids is 2. The molecule has 0 saturated heterocycles. The summed E-state index contributed by atoms with van der Waals surface area (Å²) in [5, 5.41) is 28.5. The van der Waals surface area contributed by atoms with Gasteiger partial charge >= 0.3 is 5.97 Å². The number of phenolic OH excluding ortho intramolecular Hbond substituents is 2. The van der Waals surface area contributed by atoms with Gasteiger partial charge in [-0.05, 0) is 18.2 Å². The number of ether oxygens (including phenoxy) is 1. The molecule has 0 aliphatic heterocycles. The van der Waals surface area contributed by atoms with Crippen molar-refractivity contribution in [3.63, 3.8) is 0 Å². The number of hydrogen-bond acceptors (Lipinski definition) is 6. The summed E-state index contributed by atoms with van der Waals surface area (Å²) in [6.45, 7) is -0.0448. The molecule has 0 aliphatic rings. The zero-order chi connectivity index (χ0) is 19.4. The van der Waals surface area contributed by atoms with Crippen molar-refractivity contribution in [3.8, 4) is 17.6 Å². The van der Waals surface area contributed by atoms with Gasteiger partial charge in [0, 0.05) is 35.3 Å². The number of phenols is 2. The molecule has 0 atom stereocenters. The molecule has 7 nitrogen and oxygen atoms in total. The molecule has 3 aromatic rings. The maximum atomic E-state index is 12.6. The molecule has 0 unspecified atom stereocenters. The van der Waals surface area contributed by atoms with Gasteiger partial charge in [0.1, 0.15) is 17.1 Å². The van der Waals surface area contributed by atoms with E-state index in [4.69, 9.17) is 10.00 Å². The van der Waals surface area contributed by atoms with E-state index < -0.39 is 24.1 Å². The molecule has 136 valence electrons. The number of benzene rings is 2. The summed E-state index contributed by atoms with van der Waals surface area (Å²) in [4.78, 5) is 24.6. The lowest BCUT2D eigenvalue weighted by atomic mass is 10.1. The first kappa shape index (κ1) is 18.0. The van der Waals surface area contributed by atoms with Crippen molar-refractivity contribution < 1.29 is 24.5 Å². The maximum absolute atomic E-state index is 12.6. The second-order valence-electron chi connectivity index (χ2n) is 5.86. The summed E-state index contributed by atoms with van der Waals surface area (Å²) in [6, 6.07) is 12.8. The van der Waals surface area contributed by atoms with Crippen molar-refractivity contribution in [1.29, 1.82) is 5.26 Å². The number of para-hydroxylation sites is 1. The number of hydrogen-bond donors (Lipinski definition) is 2. The molecule has 0 radical (unpaired) electrons. The van der Waals surface area contributed by atoms with Crippen LogP contribution in [0.15, 0.2) is 48.7 Å². The Morgan fingerprint density at radius 1 is 1.11 bits per heavy atom. The number of aromatic nitrogens is 1. The fourth-order valence-electron chi connectivity index (χ4n) is 2.80. The van der Waals surface area contributed by atoms with Gasteiger partial charge in [-0.3, -0.25) is 4.79 Å². The van der Waals surface area contributed by atoms with E-state index >= 15 is 0 Å². The molecule has 7 heteroatoms. The molecule has 0 fully saturated rings. The molecule has 27 heavy (non-hydrogen) atoms. The minimum atomic E-state index is -0.867. The Morgan fingerprint density at radius 2 is 1.89 bits per heavy atom. The summed E-state index contributed by atoms with van der Waals surface area (Å²) in [5.41, 5.74) is 1.07. The van der Waals surface area contributed by atoms with Crippen molar-refractivity contribution in [2.75, 3.05) is 6.61 Å². The van der Waals surface area contributed by atoms with Gasteiger partial charge < -0.3 is 19.5 Å². The number of carbonyl (C=O) groups is 2. The van der Waals surface area contributed by atoms with Crippen molar-refractivity contribution in [2.45, 2.75) is 13.0 Å². The predicted octanol–water partition coefficient (Wildman–Crippen LogP) is 3.01. The molecular formula is C20H16N2O5. The predicted molar refractivity (Wildman–Crippen MR) is 96.6 cm³/mol. The van der Waals surface area contributed by atoms with Crippen LogP contribution in [0.5, 0.6) is 11.5 Å². The highest BCUT2D eigenvalue weighted by Crippen LogP contribution is 2.24. The smallest absolute Gasteiger partial charge is 0.342 e. The van der Waals surface area contributed by atoms with Gasteiger partial charge in [0.25, 0.3) is 0 Å². The van der Waals surface area contributed by atoms with E-state index in [1.165, 1.54) is 12.1 Å². The standard InChI is InChI=1S/C20H16N2O5/c21-8-3-9-22-11-16(14-4-1-2-5-17(14)22)19(25)12-27-20(26)15-7-6-13(23)10-18(15)24/h1-2,4-7,10-11,23-24H,3,9,12H2. The SMILES string of the molecule is N#CCCn1cc(C(=O)COC(=O)c2ccc(O)cc2O)c2ccccc21. The number of rotatable bonds is 6. The van der Waals surface area contributed by atoms with Crippen LogP contribution in [0.25, 0.3) is 10.9 Å². The normalized spacial score (nSPS) is 10.5. The highest BCUT2D eigenvalue weighted by Gasteiger charge is 2.19. The van der Waals surface area contributed by atoms with Crippen LogP contribution in [0.3, 0.4) is 0 Å². The fraction of sp³-hybridized carbons (Fsp3) is 0.150. The minimum absolute atomic E-state index is 0.142. The van der Waals surface area contributed by atoms with Crippen molar-refractivity contribution in [1.82, 2.24) is 4.57 Å². The Kier molecular flexibility index (Phi) is 5.08. The van der Waals surface area contributed by atoms with E-state index in [1.807, 2.05) is 16.7 Å². The van der Waals surface area contributed by atoms with Crippen LogP contribution in [0.4, 0.5) is 0 Å². The molecule has 0 aliphatic carbocycles. The minimum Gasteiger partial charge on any atom is -0.508 e. The van der Waals surface area contributed by atoms with E-state index in [9.17, 15) is 19.8 Å². The van der Waals surface area contributed by atoms with Gasteiger partial charge in [0.05, 0.1) is 12.5 Å². The zero-order valence-corrected chi connectivity index (χ0v) is 14.3. The van der Waals surface area contributed by atoms with Crippen LogP contribution >= 0.6 is 0 Å². The molecule has 3 rings (SSSR count). The van der Waals surface area contributed by atoms with Crippen LogP contribution < -0.4 is 0 Å². The Balaban J connectivity index is 1.78. The van der Waals surface area contributed by atoms with Crippen LogP contribution in [-0.2, 0) is 11.3 Å². The van der Waals surface area contributed by atoms with E-state index in [1.54, 1.807) is 18.3 Å². The Bertz CT molecular complexity index is 1060. The third kappa shape index (κ3) is 3.75. The Labute approximate surface area is 154 Å². The lowest BCUT2D eigenvalue weighted by molar-refractivity contribution is 0.0472. The van der Waals surface area contributed by atoms with E-state index in [0.717, 1.165) is 11.6 Å². The molecule has 2 aromatic carbocycles. The third-order valence-corrected chi connectivity index (χ3v) is 4.09. The number of nitriles is 1. The van der Waals surface area contributed by atoms with Gasteiger partial charge in [-0.25, -0.2) is 4.79 Å². The van der Waals surface area contributed by atoms with E-state index in [2.05, 4.69) is 6.07 Å². The van der Waals surface area contributed by atoms with Gasteiger partial charge in [0.15, 0.2) is 6.61 Å². The second kappa shape index (κ2) is 7.62. The first-order chi connectivity index (χ1) is 13.0. The summed E-state index contributed by atoms with van der Waals surface area (Å²) < 4.78 is 6.83. The fourth-order valence-corrected chi connectivity index (χ4v) is 2.80. The van der Waals surface area contributed by atoms with Gasteiger partial charge in [0.2, 0.25) is 5.78 Å². The quantitative estimate of drug-likeness (QED) is 0.513. The highest BCUT2D eigenvalue weighted by molar-refractivity contribution is 6.09. The lowest BCUT2D eigenvalue weighted by Crippen LogP contribution is -2.14. The molecule has 0 saturated carbocycles. The summed E-state index contributed by atoms with van der Waals surface area (Å²) in [7, 11) is 0. The zero-order valence-electron chi connectivity index (χ0n) is 14.3. The van der Waals surface area contributed by atoms with E-state index in [0.29, 0.717) is 23.9 Å². The molecule has 1 aromatic heterocycles. The lowest BCUT2D eigenvalue weighted by Gasteiger charge is -2.06. The van der Waals surface area contributed by atoms with Gasteiger partial charge in [-0.1, -0.05) is 18.2 Å². The number of Topliss-reactive ketones (excluding diaryl/α,β-unsaturated/α-hetero) is 1. The highest BCUT2D eigenvalue weighted by atomic mass is 16.5. The summed E-state index contributed by atoms with van der Waals surface area (Å²) >= 11 is 0. The van der Waals surface area contributed by atoms with Crippen molar-refractivity contribution >= 4 is 22.7 Å². The van der Waals surface area contributed by atoms with Gasteiger partial charge in [-0.2, -0.15) is 5.26 Å². The van der Waals surface area contributed by atoms with Crippen molar-refractivity contribution in [2.24, 2.45) is 0 Å². The van der Waals surface area contributed by atoms with Crippen LogP contribution in [0.1, 0.15) is 27.1 Å². The third-order valence-electron chi connectivity index (χ3n) is 4.09. The number of esters is 1. The molecule has 2 N–H and O–H groups in total. The number of fused-ring (bicyclic) bond motifs is 1. The Hall–Kier alpha value is -3.79.